The molecular weight excluding hydrogens is 2360 g/mol. The number of aryl methyl sites for hydroxylation is 6. The first kappa shape index (κ1) is 122. The van der Waals surface area contributed by atoms with Gasteiger partial charge in [0.25, 0.3) is 0 Å². The molecular formula is C115H114BBr8O15P3. The van der Waals surface area contributed by atoms with Crippen molar-refractivity contribution in [1.29, 1.82) is 0 Å². The summed E-state index contributed by atoms with van der Waals surface area (Å²) in [7, 11) is 8.67. The highest BCUT2D eigenvalue weighted by atomic mass is 80.0. The second kappa shape index (κ2) is 67.9. The predicted octanol–water partition coefficient (Wildman–Crippen LogP) is 26.5. The normalized spacial score (nSPS) is 10.2. The van der Waals surface area contributed by atoms with Crippen LogP contribution in [0, 0.1) is 41.5 Å². The zero-order chi connectivity index (χ0) is 103. The Balaban J connectivity index is 0.000000289. The molecule has 0 saturated carbocycles. The summed E-state index contributed by atoms with van der Waals surface area (Å²) in [6.45, 7) is 12.1. The molecule has 0 saturated heterocycles. The van der Waals surface area contributed by atoms with Crippen molar-refractivity contribution in [2.24, 2.45) is 0 Å². The van der Waals surface area contributed by atoms with Crippen LogP contribution in [-0.4, -0.2) is 98.8 Å². The number of hydrogen-bond donors (Lipinski definition) is 3. The van der Waals surface area contributed by atoms with Gasteiger partial charge in [-0.25, -0.2) is 14.4 Å². The Morgan fingerprint density at radius 2 is 0.641 bits per heavy atom. The minimum Gasteiger partial charge on any atom is -1.00 e. The van der Waals surface area contributed by atoms with Gasteiger partial charge in [0.15, 0.2) is 0 Å². The number of benzene rings is 15. The smallest absolute Gasteiger partial charge is 0.369 e. The number of esters is 2. The van der Waals surface area contributed by atoms with E-state index in [9.17, 15) is 29.1 Å². The largest absolute Gasteiger partial charge is 1.00 e. The number of halogens is 8. The number of carboxylic acids is 1. The first-order valence-electron chi connectivity index (χ1n) is 43.8. The van der Waals surface area contributed by atoms with E-state index in [0.717, 1.165) is 96.6 Å². The van der Waals surface area contributed by atoms with E-state index in [1.165, 1.54) is 74.4 Å². The maximum atomic E-state index is 11.5. The molecule has 738 valence electrons. The van der Waals surface area contributed by atoms with Crippen LogP contribution in [0.3, 0.4) is 0 Å². The fourth-order valence-electron chi connectivity index (χ4n) is 13.7. The fraction of sp³-hybridized carbons (Fsp3) is 0.139. The lowest BCUT2D eigenvalue weighted by molar-refractivity contribution is -0.0000828. The van der Waals surface area contributed by atoms with Crippen LogP contribution in [0.2, 0.25) is 0 Å². The molecule has 0 heterocycles. The lowest BCUT2D eigenvalue weighted by Crippen LogP contribution is -3.00. The van der Waals surface area contributed by atoms with Gasteiger partial charge in [-0.2, -0.15) is 0 Å². The van der Waals surface area contributed by atoms with Gasteiger partial charge >= 0.3 is 21.1 Å². The standard InChI is InChI=1S/C27H26OP.C18H18O3.C18H15P.C16H14O3.C9H11BrO.C9H8O3.C9H12O2.C9H10O2.BBr3.Br3P.BrH/c1-22-20-24(28-2)19-18-23(22)21-29(25-12-6-3-7-13-25,26-14-8-4-9-15-26)27-16-10-5-11-17-27;1-13-11-17(20-2)10-9-15(13)8-7-14-5-4-6-16(12-14)18(19)21-3;1-4-10-16(11-5-1)19(17-12-6-2-7-13-17)18-14-8-3-9-15-18;1-11-9-15(17)8-7-13(11)6-5-12-3-2-4-14(10-12)16(18)19;1-7-5-9(11-2)4-3-8(7)6-10;1-12-9(11)8-4-2-3-7(5-8)6-10;2*1-7-5-9(11-2)4-3-8(7)6-10;2-1(3)4;1-4(2)3;/h3-20H,21H2,1-2H3;4-12H,1-3H3;1-15H;2-10,17H,1H3,(H,18,19);3-5H,6H2,1-2H3;2-6H,1H3;3-5,10H,6H2,1-2H3;3-6H,1-2H3;;;1H/q+1;;;;;;;;;;/p-1/b;8-7+;;6-5+;;;;;;;. The Kier molecular flexibility index (Phi) is 58.3. The number of aromatic carboxylic acids is 1. The van der Waals surface area contributed by atoms with Gasteiger partial charge in [-0.15, -0.1) is 47.3 Å². The van der Waals surface area contributed by atoms with E-state index in [2.05, 4.69) is 335 Å². The summed E-state index contributed by atoms with van der Waals surface area (Å²) in [6, 6.07) is 120. The molecule has 0 spiro atoms. The lowest BCUT2D eigenvalue weighted by Gasteiger charge is -2.28. The molecule has 0 bridgehead atoms. The minimum atomic E-state index is -1.87. The predicted molar refractivity (Wildman–Crippen MR) is 618 cm³/mol. The average molecular weight is 2480 g/mol. The van der Waals surface area contributed by atoms with Crippen LogP contribution in [0.25, 0.3) is 24.3 Å². The number of aliphatic hydroxyl groups excluding tert-OH is 1. The molecule has 27 heteroatoms. The molecule has 142 heavy (non-hydrogen) atoms. The number of hydrogen-bond acceptors (Lipinski definition) is 14. The molecule has 0 amide bonds. The third-order valence-corrected chi connectivity index (χ3v) is 28.5. The van der Waals surface area contributed by atoms with Crippen LogP contribution in [-0.2, 0) is 27.6 Å². The van der Waals surface area contributed by atoms with Crippen LogP contribution in [0.1, 0.15) is 124 Å². The van der Waals surface area contributed by atoms with Crippen LogP contribution >= 0.6 is 129 Å². The average Bonchev–Trinajstić information content (AvgIpc) is 0.746. The summed E-state index contributed by atoms with van der Waals surface area (Å²) >= 11 is 22.2. The van der Waals surface area contributed by atoms with Crippen molar-refractivity contribution in [3.63, 3.8) is 0 Å². The molecule has 0 aliphatic rings. The number of phenolic OH excluding ortho intramolecular Hbond substituents is 1. The van der Waals surface area contributed by atoms with Gasteiger partial charge in [-0.05, 0) is 336 Å². The fourth-order valence-corrected chi connectivity index (χ4v) is 21.0. The highest BCUT2D eigenvalue weighted by Crippen LogP contribution is 2.59. The van der Waals surface area contributed by atoms with E-state index in [4.69, 9.17) is 38.6 Å². The second-order valence-electron chi connectivity index (χ2n) is 30.5. The lowest BCUT2D eigenvalue weighted by atomic mass is 10.1. The van der Waals surface area contributed by atoms with Gasteiger partial charge in [0.2, 0.25) is 0 Å². The second-order valence-corrected chi connectivity index (χ2v) is 58.5. The molecule has 0 aliphatic heterocycles. The molecule has 0 unspecified atom stereocenters. The number of rotatable bonds is 24. The Bertz CT molecular complexity index is 6150. The number of carbonyl (C=O) groups excluding carboxylic acids is 4. The molecule has 15 aromatic rings. The number of carbonyl (C=O) groups is 5. The van der Waals surface area contributed by atoms with Crippen molar-refractivity contribution >= 4 is 219 Å². The van der Waals surface area contributed by atoms with Gasteiger partial charge in [0.1, 0.15) is 74.3 Å². The highest BCUT2D eigenvalue weighted by molar-refractivity contribution is 9.93. The van der Waals surface area contributed by atoms with Gasteiger partial charge in [0.05, 0.1) is 79.2 Å². The third kappa shape index (κ3) is 42.4. The molecule has 3 N–H and O–H groups in total. The van der Waals surface area contributed by atoms with Gasteiger partial charge < -0.3 is 65.5 Å². The number of aromatic hydroxyl groups is 1. The Hall–Kier alpha value is -10.5. The van der Waals surface area contributed by atoms with E-state index in [0.29, 0.717) is 28.5 Å². The van der Waals surface area contributed by atoms with Crippen molar-refractivity contribution in [3.05, 3.63) is 464 Å². The summed E-state index contributed by atoms with van der Waals surface area (Å²) < 4.78 is 35.0. The van der Waals surface area contributed by atoms with Crippen LogP contribution < -0.4 is 72.5 Å². The Labute approximate surface area is 907 Å². The number of methoxy groups -OCH3 is 7. The van der Waals surface area contributed by atoms with Crippen LogP contribution in [0.5, 0.6) is 34.5 Å². The Morgan fingerprint density at radius 3 is 0.951 bits per heavy atom. The van der Waals surface area contributed by atoms with Crippen molar-refractivity contribution in [2.45, 2.75) is 59.6 Å². The SMILES string of the molecule is BrB(Br)Br.BrP(Br)Br.COC(=O)c1cccc(/C=C/c2ccc(OC)cc2C)c1.COC(=O)c1cccc(C=O)c1.COc1ccc(C=O)c(C)c1.COc1ccc(CBr)c(C)c1.COc1ccc(CO)c(C)c1.COc1ccc(C[P+](c2ccccc2)(c2ccccc2)c2ccccc2)c(C)c1.Cc1cc(O)ccc1/C=C/c1cccc(C(=O)O)c1.[Br-].c1ccc(P(c2ccccc2)c2ccccc2)cc1. The minimum absolute atomic E-state index is 0. The molecule has 15 aromatic carbocycles. The van der Waals surface area contributed by atoms with Crippen molar-refractivity contribution in [3.8, 4) is 34.5 Å². The van der Waals surface area contributed by atoms with Crippen molar-refractivity contribution < 1.29 is 89.4 Å². The van der Waals surface area contributed by atoms with Crippen molar-refractivity contribution in [2.75, 3.05) is 49.8 Å². The zero-order valence-electron chi connectivity index (χ0n) is 80.9. The van der Waals surface area contributed by atoms with Crippen molar-refractivity contribution in [1.82, 2.24) is 0 Å². The summed E-state index contributed by atoms with van der Waals surface area (Å²) in [5.74, 6) is 2.84. The summed E-state index contributed by atoms with van der Waals surface area (Å²) in [4.78, 5) is 54.0. The molecule has 0 aliphatic carbocycles. The number of aldehydes is 2. The molecule has 15 rings (SSSR count). The van der Waals surface area contributed by atoms with Gasteiger partial charge in [-0.3, -0.25) is 9.59 Å². The number of carboxylic acid groups (broad SMARTS) is 1. The first-order valence-corrected chi connectivity index (χ1v) is 58.4. The molecule has 15 nitrogen and oxygen atoms in total. The first-order chi connectivity index (χ1) is 67.9. The molecule has 0 fully saturated rings. The van der Waals surface area contributed by atoms with Gasteiger partial charge in [-0.1, -0.05) is 253 Å². The number of aliphatic hydroxyl groups is 1. The van der Waals surface area contributed by atoms with Crippen LogP contribution in [0.15, 0.2) is 364 Å². The summed E-state index contributed by atoms with van der Waals surface area (Å²) in [6.07, 6.45) is 10.3. The van der Waals surface area contributed by atoms with E-state index in [1.807, 2.05) is 131 Å². The number of ether oxygens (including phenoxy) is 7. The quantitative estimate of drug-likeness (QED) is 0.0128. The molecule has 0 aromatic heterocycles. The number of phenols is 1. The summed E-state index contributed by atoms with van der Waals surface area (Å²) in [5, 5.41) is 36.4. The summed E-state index contributed by atoms with van der Waals surface area (Å²) in [5.41, 5.74) is 16.5. The Morgan fingerprint density at radius 1 is 0.345 bits per heavy atom. The molecule has 0 radical (unpaired) electrons. The third-order valence-electron chi connectivity index (χ3n) is 21.1. The molecule has 0 atom stereocenters. The van der Waals surface area contributed by atoms with E-state index in [1.54, 1.807) is 108 Å². The zero-order valence-corrected chi connectivity index (χ0v) is 96.3. The van der Waals surface area contributed by atoms with Gasteiger partial charge in [0, 0.05) is 16.5 Å². The number of alkyl halides is 1. The highest BCUT2D eigenvalue weighted by Gasteiger charge is 2.45. The maximum absolute atomic E-state index is 11.5. The van der Waals surface area contributed by atoms with E-state index in [-0.39, 0.29) is 48.1 Å². The maximum Gasteiger partial charge on any atom is 0.369 e. The van der Waals surface area contributed by atoms with E-state index < -0.39 is 27.1 Å². The topological polar surface area (TPSA) is 211 Å². The van der Waals surface area contributed by atoms with Crippen LogP contribution in [0.4, 0.5) is 0 Å². The monoisotopic (exact) mass is 2470 g/mol. The van der Waals surface area contributed by atoms with E-state index >= 15 is 0 Å².